The van der Waals surface area contributed by atoms with Crippen LogP contribution >= 0.6 is 0 Å². The highest BCUT2D eigenvalue weighted by Crippen LogP contribution is 2.23. The van der Waals surface area contributed by atoms with Gasteiger partial charge in [-0.15, -0.1) is 5.10 Å². The van der Waals surface area contributed by atoms with Crippen molar-refractivity contribution in [2.75, 3.05) is 11.9 Å². The molecule has 3 heterocycles. The zero-order chi connectivity index (χ0) is 23.7. The molecule has 0 saturated heterocycles. The summed E-state index contributed by atoms with van der Waals surface area (Å²) in [7, 11) is 0. The molecule has 9 nitrogen and oxygen atoms in total. The zero-order valence-electron chi connectivity index (χ0n) is 17.7. The molecule has 0 radical (unpaired) electrons. The van der Waals surface area contributed by atoms with Crippen LogP contribution in [0.3, 0.4) is 0 Å². The fourth-order valence-electron chi connectivity index (χ4n) is 3.59. The summed E-state index contributed by atoms with van der Waals surface area (Å²) in [5.41, 5.74) is 1.85. The molecule has 2 amide bonds. The fraction of sp³-hybridized carbons (Fsp3) is 0.0833. The summed E-state index contributed by atoms with van der Waals surface area (Å²) in [5, 5.41) is 7.31. The largest absolute Gasteiger partial charge is 0.350 e. The number of carbonyl (C=O) groups excluding carboxylic acids is 3. The second-order valence-corrected chi connectivity index (χ2v) is 7.53. The second-order valence-electron chi connectivity index (χ2n) is 7.53. The van der Waals surface area contributed by atoms with Gasteiger partial charge in [0.2, 0.25) is 5.95 Å². The van der Waals surface area contributed by atoms with Crippen LogP contribution in [0, 0.1) is 5.82 Å². The number of hydrogen-bond acceptors (Lipinski definition) is 7. The Morgan fingerprint density at radius 1 is 0.941 bits per heavy atom. The van der Waals surface area contributed by atoms with E-state index in [-0.39, 0.29) is 35.3 Å². The third-order valence-electron chi connectivity index (χ3n) is 5.30. The average molecular weight is 456 g/mol. The lowest BCUT2D eigenvalue weighted by Crippen LogP contribution is -2.37. The van der Waals surface area contributed by atoms with Crippen LogP contribution in [-0.2, 0) is 6.54 Å². The lowest BCUT2D eigenvalue weighted by molar-refractivity contribution is 0.0601. The Labute approximate surface area is 192 Å². The Balaban J connectivity index is 1.42. The summed E-state index contributed by atoms with van der Waals surface area (Å²) in [5.74, 6) is -1.71. The highest BCUT2D eigenvalue weighted by atomic mass is 19.1. The predicted octanol–water partition coefficient (Wildman–Crippen LogP) is 3.03. The number of fused-ring (bicyclic) bond motifs is 1. The van der Waals surface area contributed by atoms with E-state index in [0.29, 0.717) is 5.56 Å². The standard InChI is InChI=1S/C24H17FN6O3/c25-17-9-7-15(8-10-17)12-27-24-28-21(16-4-3-11-26-13-16)29-31(24)20(32)14-30-22(33)18-5-1-2-6-19(18)23(30)34/h1-11,13H,12,14H2,(H,27,28,29). The monoisotopic (exact) mass is 456 g/mol. The Morgan fingerprint density at radius 3 is 2.29 bits per heavy atom. The van der Waals surface area contributed by atoms with E-state index in [1.165, 1.54) is 12.1 Å². The highest BCUT2D eigenvalue weighted by molar-refractivity contribution is 6.22. The number of pyridine rings is 1. The molecule has 2 aromatic heterocycles. The summed E-state index contributed by atoms with van der Waals surface area (Å²) < 4.78 is 14.2. The van der Waals surface area contributed by atoms with Gasteiger partial charge in [-0.2, -0.15) is 9.67 Å². The molecular formula is C24H17FN6O3. The van der Waals surface area contributed by atoms with Crippen LogP contribution in [0.5, 0.6) is 0 Å². The van der Waals surface area contributed by atoms with Crippen molar-refractivity contribution in [1.29, 1.82) is 0 Å². The molecule has 0 bridgehead atoms. The Bertz CT molecular complexity index is 1370. The normalized spacial score (nSPS) is 12.7. The first-order valence-corrected chi connectivity index (χ1v) is 10.4. The molecule has 4 aromatic rings. The number of rotatable bonds is 6. The molecule has 0 unspecified atom stereocenters. The SMILES string of the molecule is O=C1c2ccccc2C(=O)N1CC(=O)n1nc(-c2cccnc2)nc1NCc1ccc(F)cc1. The molecule has 2 aromatic carbocycles. The second kappa shape index (κ2) is 8.66. The van der Waals surface area contributed by atoms with Gasteiger partial charge in [0.1, 0.15) is 12.4 Å². The van der Waals surface area contributed by atoms with Gasteiger partial charge in [0.15, 0.2) is 5.82 Å². The first-order valence-electron chi connectivity index (χ1n) is 10.4. The van der Waals surface area contributed by atoms with Gasteiger partial charge in [0.25, 0.3) is 17.7 Å². The molecule has 0 fully saturated rings. The molecule has 0 aliphatic carbocycles. The van der Waals surface area contributed by atoms with Crippen molar-refractivity contribution in [2.45, 2.75) is 6.54 Å². The van der Waals surface area contributed by atoms with Crippen LogP contribution in [0.25, 0.3) is 11.4 Å². The molecule has 0 atom stereocenters. The number of hydrogen-bond donors (Lipinski definition) is 1. The number of halogens is 1. The average Bonchev–Trinajstić information content (AvgIpc) is 3.40. The van der Waals surface area contributed by atoms with Crippen LogP contribution in [0.2, 0.25) is 0 Å². The van der Waals surface area contributed by atoms with Gasteiger partial charge < -0.3 is 5.32 Å². The number of amides is 2. The number of nitrogens with zero attached hydrogens (tertiary/aromatic N) is 5. The number of aromatic nitrogens is 4. The van der Waals surface area contributed by atoms with Gasteiger partial charge in [-0.25, -0.2) is 4.39 Å². The zero-order valence-corrected chi connectivity index (χ0v) is 17.7. The van der Waals surface area contributed by atoms with E-state index >= 15 is 0 Å². The molecule has 1 aliphatic rings. The maximum atomic E-state index is 13.2. The third-order valence-corrected chi connectivity index (χ3v) is 5.30. The van der Waals surface area contributed by atoms with Crippen molar-refractivity contribution in [2.24, 2.45) is 0 Å². The van der Waals surface area contributed by atoms with Gasteiger partial charge in [-0.3, -0.25) is 24.3 Å². The molecule has 1 N–H and O–H groups in total. The quantitative estimate of drug-likeness (QED) is 0.444. The Morgan fingerprint density at radius 2 is 1.65 bits per heavy atom. The molecule has 10 heteroatoms. The van der Waals surface area contributed by atoms with Gasteiger partial charge in [-0.1, -0.05) is 24.3 Å². The summed E-state index contributed by atoms with van der Waals surface area (Å²) in [6.45, 7) is -0.265. The summed E-state index contributed by atoms with van der Waals surface area (Å²) in [6.07, 6.45) is 3.15. The van der Waals surface area contributed by atoms with E-state index in [9.17, 15) is 18.8 Å². The van der Waals surface area contributed by atoms with E-state index < -0.39 is 24.3 Å². The highest BCUT2D eigenvalue weighted by Gasteiger charge is 2.37. The van der Waals surface area contributed by atoms with Crippen molar-refractivity contribution in [3.63, 3.8) is 0 Å². The first-order chi connectivity index (χ1) is 16.5. The Kier molecular flexibility index (Phi) is 5.38. The van der Waals surface area contributed by atoms with Crippen molar-refractivity contribution >= 4 is 23.7 Å². The Hall–Kier alpha value is -4.73. The van der Waals surface area contributed by atoms with Gasteiger partial charge in [0.05, 0.1) is 11.1 Å². The van der Waals surface area contributed by atoms with E-state index in [1.807, 2.05) is 0 Å². The van der Waals surface area contributed by atoms with Crippen molar-refractivity contribution < 1.29 is 18.8 Å². The number of benzene rings is 2. The fourth-order valence-corrected chi connectivity index (χ4v) is 3.59. The third kappa shape index (κ3) is 3.92. The number of carbonyl (C=O) groups is 3. The molecule has 5 rings (SSSR count). The molecule has 1 aliphatic heterocycles. The van der Waals surface area contributed by atoms with E-state index in [0.717, 1.165) is 15.1 Å². The lowest BCUT2D eigenvalue weighted by atomic mass is 10.1. The number of nitrogens with one attached hydrogen (secondary N) is 1. The van der Waals surface area contributed by atoms with Crippen LogP contribution in [0.15, 0.2) is 73.1 Å². The maximum absolute atomic E-state index is 13.2. The van der Waals surface area contributed by atoms with Crippen molar-refractivity contribution in [3.05, 3.63) is 95.6 Å². The van der Waals surface area contributed by atoms with Crippen LogP contribution in [-0.4, -0.2) is 48.9 Å². The van der Waals surface area contributed by atoms with Crippen molar-refractivity contribution in [1.82, 2.24) is 24.6 Å². The van der Waals surface area contributed by atoms with Crippen molar-refractivity contribution in [3.8, 4) is 11.4 Å². The van der Waals surface area contributed by atoms with E-state index in [2.05, 4.69) is 20.4 Å². The van der Waals surface area contributed by atoms with Gasteiger partial charge in [0, 0.05) is 24.5 Å². The number of imide groups is 1. The summed E-state index contributed by atoms with van der Waals surface area (Å²) in [6, 6.07) is 15.7. The molecule has 168 valence electrons. The molecule has 34 heavy (non-hydrogen) atoms. The van der Waals surface area contributed by atoms with Gasteiger partial charge in [-0.05, 0) is 42.0 Å². The van der Waals surface area contributed by atoms with Crippen LogP contribution < -0.4 is 5.32 Å². The minimum atomic E-state index is -0.626. The lowest BCUT2D eigenvalue weighted by Gasteiger charge is -2.13. The topological polar surface area (TPSA) is 110 Å². The van der Waals surface area contributed by atoms with Gasteiger partial charge >= 0.3 is 0 Å². The van der Waals surface area contributed by atoms with Crippen LogP contribution in [0.1, 0.15) is 31.1 Å². The van der Waals surface area contributed by atoms with E-state index in [4.69, 9.17) is 0 Å². The first kappa shape index (κ1) is 21.1. The summed E-state index contributed by atoms with van der Waals surface area (Å²) in [4.78, 5) is 47.9. The predicted molar refractivity (Wildman–Crippen MR) is 119 cm³/mol. The molecule has 0 saturated carbocycles. The van der Waals surface area contributed by atoms with E-state index in [1.54, 1.807) is 60.9 Å². The minimum absolute atomic E-state index is 0.116. The minimum Gasteiger partial charge on any atom is -0.350 e. The molecule has 0 spiro atoms. The number of anilines is 1. The smallest absolute Gasteiger partial charge is 0.270 e. The van der Waals surface area contributed by atoms with Crippen LogP contribution in [0.4, 0.5) is 10.3 Å². The maximum Gasteiger partial charge on any atom is 0.270 e. The molecular weight excluding hydrogens is 439 g/mol. The summed E-state index contributed by atoms with van der Waals surface area (Å²) >= 11 is 0.